The normalized spacial score (nSPS) is 23.3. The monoisotopic (exact) mass is 809 g/mol. The Morgan fingerprint density at radius 2 is 1.63 bits per heavy atom. The largest absolute Gasteiger partial charge is 0.463 e. The fraction of sp³-hybridized carbons (Fsp3) is 0.537. The number of nitrogens with zero attached hydrogens (tertiary/aromatic N) is 1. The zero-order valence-corrected chi connectivity index (χ0v) is 35.8. The Hall–Kier alpha value is -2.37. The number of amides is 2. The lowest BCUT2D eigenvalue weighted by atomic mass is 9.64. The summed E-state index contributed by atoms with van der Waals surface area (Å²) in [6.07, 6.45) is 3.04. The molecule has 3 heterocycles. The minimum Gasteiger partial charge on any atom is -0.463 e. The van der Waals surface area contributed by atoms with Crippen molar-refractivity contribution in [1.82, 2.24) is 4.90 Å². The lowest BCUT2D eigenvalue weighted by Gasteiger charge is -2.42. The lowest BCUT2D eigenvalue weighted by molar-refractivity contribution is -0.150. The minimum atomic E-state index is -2.10. The summed E-state index contributed by atoms with van der Waals surface area (Å²) in [5.41, 5.74) is 5.45. The Bertz CT molecular complexity index is 1830. The summed E-state index contributed by atoms with van der Waals surface area (Å²) in [4.78, 5) is 47.4. The first-order chi connectivity index (χ1) is 23.9. The van der Waals surface area contributed by atoms with E-state index >= 15 is 0 Å². The van der Waals surface area contributed by atoms with Crippen molar-refractivity contribution in [3.05, 3.63) is 74.3 Å². The van der Waals surface area contributed by atoms with Gasteiger partial charge in [0, 0.05) is 24.9 Å². The number of aryl methyl sites for hydroxylation is 2. The van der Waals surface area contributed by atoms with Crippen LogP contribution in [0.2, 0.25) is 16.6 Å². The van der Waals surface area contributed by atoms with Gasteiger partial charge in [-0.2, -0.15) is 0 Å². The van der Waals surface area contributed by atoms with E-state index < -0.39 is 35.9 Å². The number of rotatable bonds is 13. The van der Waals surface area contributed by atoms with E-state index in [0.717, 1.165) is 12.0 Å². The average Bonchev–Trinajstić information content (AvgIpc) is 3.85. The van der Waals surface area contributed by atoms with Gasteiger partial charge in [-0.25, -0.2) is 0 Å². The Morgan fingerprint density at radius 1 is 0.980 bits per heavy atom. The second-order valence-electron chi connectivity index (χ2n) is 16.1. The van der Waals surface area contributed by atoms with E-state index in [-0.39, 0.29) is 30.9 Å². The van der Waals surface area contributed by atoms with E-state index in [1.54, 1.807) is 36.5 Å². The molecule has 1 saturated carbocycles. The van der Waals surface area contributed by atoms with Crippen LogP contribution in [0.3, 0.4) is 0 Å². The van der Waals surface area contributed by atoms with E-state index in [0.29, 0.717) is 23.2 Å². The van der Waals surface area contributed by atoms with Gasteiger partial charge in [-0.15, -0.1) is 22.7 Å². The molecule has 2 amide bonds. The fourth-order valence-electron chi connectivity index (χ4n) is 9.75. The molecule has 6 nitrogen and oxygen atoms in total. The van der Waals surface area contributed by atoms with Gasteiger partial charge in [-0.3, -0.25) is 19.3 Å². The maximum Gasteiger partial charge on any atom is 0.322 e. The highest BCUT2D eigenvalue weighted by atomic mass is 79.9. The summed E-state index contributed by atoms with van der Waals surface area (Å²) in [7, 11) is -2.10. The summed E-state index contributed by atoms with van der Waals surface area (Å²) >= 11 is 6.89. The maximum atomic E-state index is 14.6. The van der Waals surface area contributed by atoms with Crippen LogP contribution in [0, 0.1) is 31.6 Å². The van der Waals surface area contributed by atoms with Crippen molar-refractivity contribution in [2.45, 2.75) is 109 Å². The lowest BCUT2D eigenvalue weighted by Crippen LogP contribution is -2.47. The first kappa shape index (κ1) is 38.4. The van der Waals surface area contributed by atoms with Gasteiger partial charge in [0.05, 0.1) is 25.0 Å². The van der Waals surface area contributed by atoms with Crippen molar-refractivity contribution in [3.8, 4) is 10.4 Å². The number of hydrogen-bond donors (Lipinski definition) is 0. The summed E-state index contributed by atoms with van der Waals surface area (Å²) in [5.74, 6) is -1.73. The van der Waals surface area contributed by atoms with Crippen LogP contribution in [0.4, 0.5) is 0 Å². The molecule has 0 radical (unpaired) electrons. The maximum absolute atomic E-state index is 14.6. The Balaban J connectivity index is 1.41. The number of benzene rings is 1. The van der Waals surface area contributed by atoms with E-state index in [1.807, 2.05) is 6.07 Å². The second kappa shape index (κ2) is 14.1. The summed E-state index contributed by atoms with van der Waals surface area (Å²) in [5, 5.41) is 0. The molecule has 274 valence electrons. The van der Waals surface area contributed by atoms with Crippen LogP contribution in [-0.2, 0) is 35.6 Å². The predicted octanol–water partition coefficient (Wildman–Crippen LogP) is 10.5. The van der Waals surface area contributed by atoms with E-state index in [4.69, 9.17) is 9.16 Å². The third kappa shape index (κ3) is 6.38. The summed E-state index contributed by atoms with van der Waals surface area (Å²) in [6, 6.07) is 15.0. The zero-order valence-electron chi connectivity index (χ0n) is 31.6. The molecule has 4 atom stereocenters. The summed E-state index contributed by atoms with van der Waals surface area (Å²) < 4.78 is 11.7. The number of fused-ring (bicyclic) bond motifs is 5. The van der Waals surface area contributed by atoms with Gasteiger partial charge in [-0.05, 0) is 91.1 Å². The van der Waals surface area contributed by atoms with Gasteiger partial charge in [-0.1, -0.05) is 93.9 Å². The van der Waals surface area contributed by atoms with Crippen LogP contribution in [0.15, 0.2) is 48.5 Å². The number of carbonyl (C=O) groups is 3. The molecule has 0 spiro atoms. The fourth-order valence-corrected chi connectivity index (χ4v) is 17.5. The number of likely N-dealkylation sites (tertiary alicyclic amines) is 1. The van der Waals surface area contributed by atoms with Crippen LogP contribution in [0.25, 0.3) is 16.0 Å². The van der Waals surface area contributed by atoms with E-state index in [1.165, 1.54) is 41.1 Å². The molecular formula is C41H52BrNO5S2Si. The SMILES string of the molecule is Cc1sc(-c2ccccc2)cc1C1=CC2CC1(c1cc(CO[Si](C(C)C)(C(C)C)C(C)C)sc1C)C1C(=O)N(CCOC(=O)C(C)(C)Br)C(=O)C21. The number of thiophene rings is 2. The molecule has 1 aliphatic heterocycles. The molecule has 2 fully saturated rings. The Kier molecular flexibility index (Phi) is 10.6. The molecule has 10 heteroatoms. The topological polar surface area (TPSA) is 72.9 Å². The molecule has 4 unspecified atom stereocenters. The highest BCUT2D eigenvalue weighted by Gasteiger charge is 2.69. The van der Waals surface area contributed by atoms with Gasteiger partial charge in [0.25, 0.3) is 0 Å². The summed E-state index contributed by atoms with van der Waals surface area (Å²) in [6.45, 7) is 22.2. The Labute approximate surface area is 321 Å². The highest BCUT2D eigenvalue weighted by Crippen LogP contribution is 2.68. The molecular weight excluding hydrogens is 759 g/mol. The number of hydrogen-bond acceptors (Lipinski definition) is 7. The van der Waals surface area contributed by atoms with Crippen molar-refractivity contribution in [2.24, 2.45) is 17.8 Å². The van der Waals surface area contributed by atoms with Crippen LogP contribution >= 0.6 is 38.6 Å². The third-order valence-electron chi connectivity index (χ3n) is 11.8. The van der Waals surface area contributed by atoms with Crippen molar-refractivity contribution in [2.75, 3.05) is 13.2 Å². The van der Waals surface area contributed by atoms with Crippen molar-refractivity contribution < 1.29 is 23.5 Å². The van der Waals surface area contributed by atoms with E-state index in [9.17, 15) is 14.4 Å². The van der Waals surface area contributed by atoms with Crippen LogP contribution < -0.4 is 0 Å². The molecule has 6 rings (SSSR count). The molecule has 2 bridgehead atoms. The van der Waals surface area contributed by atoms with E-state index in [2.05, 4.69) is 114 Å². The quantitative estimate of drug-likeness (QED) is 0.0744. The van der Waals surface area contributed by atoms with Crippen LogP contribution in [0.5, 0.6) is 0 Å². The molecule has 2 aliphatic carbocycles. The second-order valence-corrected chi connectivity index (χ2v) is 26.1. The van der Waals surface area contributed by atoms with Crippen molar-refractivity contribution >= 4 is 70.3 Å². The number of allylic oxidation sites excluding steroid dienone is 2. The average molecular weight is 811 g/mol. The van der Waals surface area contributed by atoms with Gasteiger partial charge in [0.2, 0.25) is 20.1 Å². The molecule has 1 aromatic carbocycles. The number of alkyl halides is 1. The standard InChI is InChI=1S/C41H52BrNO5S2Si/c1-23(2)51(24(3)4,25(5)6)48-22-30-19-32(27(8)49-30)41-21-29(18-33(41)31-20-34(50-26(31)7)28-14-12-11-13-15-28)35-36(41)38(45)43(37(35)44)16-17-47-39(46)40(9,10)42/h11-15,18-20,23-25,29,35-36H,16-17,21-22H2,1-10H3. The van der Waals surface area contributed by atoms with Crippen LogP contribution in [-0.4, -0.2) is 48.5 Å². The predicted molar refractivity (Wildman–Crippen MR) is 215 cm³/mol. The zero-order chi connectivity index (χ0) is 37.2. The minimum absolute atomic E-state index is 0.0288. The molecule has 1 saturated heterocycles. The smallest absolute Gasteiger partial charge is 0.322 e. The third-order valence-corrected chi connectivity index (χ3v) is 20.3. The number of carbonyl (C=O) groups excluding carboxylic acids is 3. The first-order valence-corrected chi connectivity index (χ1v) is 22.8. The van der Waals surface area contributed by atoms with Crippen LogP contribution in [0.1, 0.15) is 87.6 Å². The number of esters is 1. The first-order valence-electron chi connectivity index (χ1n) is 18.3. The van der Waals surface area contributed by atoms with Gasteiger partial charge < -0.3 is 9.16 Å². The molecule has 3 aromatic rings. The van der Waals surface area contributed by atoms with Gasteiger partial charge in [0.15, 0.2) is 0 Å². The molecule has 3 aliphatic rings. The van der Waals surface area contributed by atoms with Gasteiger partial charge >= 0.3 is 5.97 Å². The number of imide groups is 1. The molecule has 2 aromatic heterocycles. The van der Waals surface area contributed by atoms with Gasteiger partial charge in [0.1, 0.15) is 10.9 Å². The molecule has 0 N–H and O–H groups in total. The number of halogens is 1. The molecule has 51 heavy (non-hydrogen) atoms. The van der Waals surface area contributed by atoms with Crippen molar-refractivity contribution in [3.63, 3.8) is 0 Å². The highest BCUT2D eigenvalue weighted by molar-refractivity contribution is 9.10. The Morgan fingerprint density at radius 3 is 2.24 bits per heavy atom. The van der Waals surface area contributed by atoms with Crippen molar-refractivity contribution in [1.29, 1.82) is 0 Å². The number of ether oxygens (including phenoxy) is 1.